The van der Waals surface area contributed by atoms with E-state index in [0.29, 0.717) is 24.7 Å². The Hall–Kier alpha value is -1.38. The summed E-state index contributed by atoms with van der Waals surface area (Å²) in [7, 11) is 0. The Morgan fingerprint density at radius 2 is 1.00 bits per heavy atom. The highest BCUT2D eigenvalue weighted by molar-refractivity contribution is 5.41. The first-order valence-corrected chi connectivity index (χ1v) is 10.4. The van der Waals surface area contributed by atoms with Crippen LogP contribution in [0.1, 0.15) is 90.9 Å². The number of phenolic OH excluding ortho intramolecular Hbond substituents is 1. The van der Waals surface area contributed by atoms with Crippen LogP contribution in [0.3, 0.4) is 0 Å². The van der Waals surface area contributed by atoms with Crippen molar-refractivity contribution in [2.24, 2.45) is 0 Å². The summed E-state index contributed by atoms with van der Waals surface area (Å²) in [6, 6.07) is 5.21. The first kappa shape index (κ1) is 21.7. The Labute approximate surface area is 154 Å². The van der Waals surface area contributed by atoms with Crippen LogP contribution in [0.15, 0.2) is 18.2 Å². The first-order valence-electron chi connectivity index (χ1n) is 10.4. The van der Waals surface area contributed by atoms with Crippen LogP contribution in [0, 0.1) is 0 Å². The number of ether oxygens (including phenoxy) is 2. The fourth-order valence-electron chi connectivity index (χ4n) is 2.87. The maximum absolute atomic E-state index is 9.83. The second-order valence-corrected chi connectivity index (χ2v) is 6.90. The molecule has 1 aromatic rings. The van der Waals surface area contributed by atoms with Crippen molar-refractivity contribution in [3.8, 4) is 17.2 Å². The highest BCUT2D eigenvalue weighted by atomic mass is 16.5. The molecule has 1 aromatic carbocycles. The van der Waals surface area contributed by atoms with Crippen LogP contribution in [0.25, 0.3) is 0 Å². The zero-order valence-electron chi connectivity index (χ0n) is 16.4. The molecule has 144 valence electrons. The van der Waals surface area contributed by atoms with Crippen molar-refractivity contribution in [2.75, 3.05) is 13.2 Å². The summed E-state index contributed by atoms with van der Waals surface area (Å²) >= 11 is 0. The molecule has 0 amide bonds. The van der Waals surface area contributed by atoms with E-state index in [0.717, 1.165) is 12.8 Å². The Morgan fingerprint density at radius 1 is 0.600 bits per heavy atom. The molecule has 1 N–H and O–H groups in total. The van der Waals surface area contributed by atoms with Crippen LogP contribution in [-0.4, -0.2) is 18.3 Å². The second kappa shape index (κ2) is 14.9. The highest BCUT2D eigenvalue weighted by Gasteiger charge is 2.03. The van der Waals surface area contributed by atoms with Crippen molar-refractivity contribution >= 4 is 0 Å². The molecule has 0 aliphatic rings. The minimum atomic E-state index is 0.207. The van der Waals surface area contributed by atoms with Gasteiger partial charge in [0.15, 0.2) is 0 Å². The minimum Gasteiger partial charge on any atom is -0.508 e. The highest BCUT2D eigenvalue weighted by Crippen LogP contribution is 2.27. The van der Waals surface area contributed by atoms with E-state index in [4.69, 9.17) is 9.47 Å². The Bertz CT molecular complexity index is 395. The molecular formula is C22H38O3. The fraction of sp³-hybridized carbons (Fsp3) is 0.727. The van der Waals surface area contributed by atoms with Gasteiger partial charge in [-0.15, -0.1) is 0 Å². The van der Waals surface area contributed by atoms with Gasteiger partial charge in [-0.3, -0.25) is 0 Å². The normalized spacial score (nSPS) is 10.8. The summed E-state index contributed by atoms with van der Waals surface area (Å²) < 4.78 is 11.5. The largest absolute Gasteiger partial charge is 0.508 e. The standard InChI is InChI=1S/C22H38O3/c1-3-5-7-9-11-13-15-24-21-17-20(23)18-22(19-21)25-16-14-12-10-8-6-4-2/h17-19,23H,3-16H2,1-2H3. The number of hydrogen-bond donors (Lipinski definition) is 1. The van der Waals surface area contributed by atoms with Crippen LogP contribution in [-0.2, 0) is 0 Å². The number of aromatic hydroxyl groups is 1. The van der Waals surface area contributed by atoms with E-state index in [1.54, 1.807) is 12.1 Å². The number of unbranched alkanes of at least 4 members (excludes halogenated alkanes) is 10. The van der Waals surface area contributed by atoms with Crippen LogP contribution >= 0.6 is 0 Å². The van der Waals surface area contributed by atoms with Crippen molar-refractivity contribution in [1.29, 1.82) is 0 Å². The molecule has 0 bridgehead atoms. The van der Waals surface area contributed by atoms with Crippen LogP contribution in [0.4, 0.5) is 0 Å². The average Bonchev–Trinajstić information content (AvgIpc) is 2.60. The van der Waals surface area contributed by atoms with E-state index in [1.807, 2.05) is 6.07 Å². The monoisotopic (exact) mass is 350 g/mol. The number of phenols is 1. The van der Waals surface area contributed by atoms with Gasteiger partial charge in [-0.1, -0.05) is 78.1 Å². The van der Waals surface area contributed by atoms with Gasteiger partial charge in [0.1, 0.15) is 17.2 Å². The molecule has 0 aromatic heterocycles. The van der Waals surface area contributed by atoms with Crippen molar-refractivity contribution in [2.45, 2.75) is 90.9 Å². The zero-order chi connectivity index (χ0) is 18.2. The van der Waals surface area contributed by atoms with Gasteiger partial charge in [0.25, 0.3) is 0 Å². The molecule has 0 aliphatic heterocycles. The van der Waals surface area contributed by atoms with E-state index < -0.39 is 0 Å². The van der Waals surface area contributed by atoms with Crippen molar-refractivity contribution in [1.82, 2.24) is 0 Å². The van der Waals surface area contributed by atoms with E-state index in [-0.39, 0.29) is 5.75 Å². The lowest BCUT2D eigenvalue weighted by Gasteiger charge is -2.11. The molecule has 0 atom stereocenters. The number of hydrogen-bond acceptors (Lipinski definition) is 3. The maximum atomic E-state index is 9.83. The quantitative estimate of drug-likeness (QED) is 0.331. The van der Waals surface area contributed by atoms with Crippen LogP contribution < -0.4 is 9.47 Å². The molecule has 0 heterocycles. The number of benzene rings is 1. The minimum absolute atomic E-state index is 0.207. The average molecular weight is 351 g/mol. The fourth-order valence-corrected chi connectivity index (χ4v) is 2.87. The summed E-state index contributed by atoms with van der Waals surface area (Å²) in [6.07, 6.45) is 15.0. The molecule has 0 radical (unpaired) electrons. The van der Waals surface area contributed by atoms with Gasteiger partial charge < -0.3 is 14.6 Å². The molecule has 1 rings (SSSR count). The molecule has 0 unspecified atom stereocenters. The SMILES string of the molecule is CCCCCCCCOc1cc(O)cc(OCCCCCCCC)c1. The van der Waals surface area contributed by atoms with Gasteiger partial charge >= 0.3 is 0 Å². The van der Waals surface area contributed by atoms with Crippen LogP contribution in [0.2, 0.25) is 0 Å². The maximum Gasteiger partial charge on any atom is 0.126 e. The summed E-state index contributed by atoms with van der Waals surface area (Å²) in [5.41, 5.74) is 0. The predicted octanol–water partition coefficient (Wildman–Crippen LogP) is 6.87. The zero-order valence-corrected chi connectivity index (χ0v) is 16.4. The molecule has 3 nitrogen and oxygen atoms in total. The summed E-state index contributed by atoms with van der Waals surface area (Å²) in [5.74, 6) is 1.61. The summed E-state index contributed by atoms with van der Waals surface area (Å²) in [5, 5.41) is 9.83. The molecule has 0 fully saturated rings. The van der Waals surface area contributed by atoms with E-state index in [9.17, 15) is 5.11 Å². The summed E-state index contributed by atoms with van der Waals surface area (Å²) in [6.45, 7) is 5.87. The topological polar surface area (TPSA) is 38.7 Å². The number of rotatable bonds is 16. The van der Waals surface area contributed by atoms with Gasteiger partial charge in [0.2, 0.25) is 0 Å². The molecule has 0 aliphatic carbocycles. The molecule has 0 saturated carbocycles. The summed E-state index contributed by atoms with van der Waals surface area (Å²) in [4.78, 5) is 0. The Kier molecular flexibility index (Phi) is 12.9. The lowest BCUT2D eigenvalue weighted by Crippen LogP contribution is -2.00. The van der Waals surface area contributed by atoms with E-state index in [1.165, 1.54) is 64.2 Å². The van der Waals surface area contributed by atoms with Gasteiger partial charge in [0.05, 0.1) is 13.2 Å². The van der Waals surface area contributed by atoms with E-state index in [2.05, 4.69) is 13.8 Å². The van der Waals surface area contributed by atoms with Crippen molar-refractivity contribution in [3.05, 3.63) is 18.2 Å². The first-order chi connectivity index (χ1) is 12.3. The van der Waals surface area contributed by atoms with Crippen molar-refractivity contribution < 1.29 is 14.6 Å². The lowest BCUT2D eigenvalue weighted by atomic mass is 10.1. The Balaban J connectivity index is 2.19. The predicted molar refractivity (Wildman–Crippen MR) is 106 cm³/mol. The van der Waals surface area contributed by atoms with Gasteiger partial charge in [-0.05, 0) is 12.8 Å². The lowest BCUT2D eigenvalue weighted by molar-refractivity contribution is 0.287. The molecule has 0 saturated heterocycles. The van der Waals surface area contributed by atoms with Gasteiger partial charge in [0, 0.05) is 18.2 Å². The molecule has 0 spiro atoms. The van der Waals surface area contributed by atoms with E-state index >= 15 is 0 Å². The molecular weight excluding hydrogens is 312 g/mol. The second-order valence-electron chi connectivity index (χ2n) is 6.90. The third-order valence-electron chi connectivity index (χ3n) is 4.40. The molecule has 25 heavy (non-hydrogen) atoms. The third-order valence-corrected chi connectivity index (χ3v) is 4.40. The molecule has 3 heteroatoms. The Morgan fingerprint density at radius 3 is 1.44 bits per heavy atom. The van der Waals surface area contributed by atoms with Crippen molar-refractivity contribution in [3.63, 3.8) is 0 Å². The third kappa shape index (κ3) is 11.7. The van der Waals surface area contributed by atoms with Gasteiger partial charge in [-0.2, -0.15) is 0 Å². The van der Waals surface area contributed by atoms with Gasteiger partial charge in [-0.25, -0.2) is 0 Å². The smallest absolute Gasteiger partial charge is 0.126 e. The van der Waals surface area contributed by atoms with Crippen LogP contribution in [0.5, 0.6) is 17.2 Å².